The number of aromatic hydroxyl groups is 1. The minimum atomic E-state index is -0.680. The number of aromatic nitrogens is 2. The first kappa shape index (κ1) is 18.0. The molecule has 4 nitrogen and oxygen atoms in total. The molecule has 0 radical (unpaired) electrons. The standard InChI is InChI=1S/C21H21FN2O2/c1-14(25)5-3-2-4-6-15-7-9-18-19(11-15)23-13-20(24-18)16-8-10-21(26)17(22)12-16/h4,6-14,25-26H,2-3,5H2,1H3. The van der Waals surface area contributed by atoms with Crippen LogP contribution in [0.3, 0.4) is 0 Å². The molecule has 0 aliphatic carbocycles. The second-order valence-electron chi connectivity index (χ2n) is 6.35. The summed E-state index contributed by atoms with van der Waals surface area (Å²) >= 11 is 0. The van der Waals surface area contributed by atoms with Crippen molar-refractivity contribution in [2.45, 2.75) is 32.3 Å². The molecule has 1 atom stereocenters. The number of halogens is 1. The summed E-state index contributed by atoms with van der Waals surface area (Å²) < 4.78 is 13.5. The summed E-state index contributed by atoms with van der Waals surface area (Å²) in [6.45, 7) is 1.80. The van der Waals surface area contributed by atoms with Crippen LogP contribution in [0.1, 0.15) is 31.7 Å². The maximum absolute atomic E-state index is 13.5. The summed E-state index contributed by atoms with van der Waals surface area (Å²) in [4.78, 5) is 8.95. The normalized spacial score (nSPS) is 12.7. The quantitative estimate of drug-likeness (QED) is 0.631. The third-order valence-corrected chi connectivity index (χ3v) is 4.11. The lowest BCUT2D eigenvalue weighted by Crippen LogP contribution is -1.97. The van der Waals surface area contributed by atoms with Gasteiger partial charge in [0.15, 0.2) is 11.6 Å². The number of unbranched alkanes of at least 4 members (excludes halogenated alkanes) is 1. The van der Waals surface area contributed by atoms with Crippen molar-refractivity contribution in [1.29, 1.82) is 0 Å². The monoisotopic (exact) mass is 352 g/mol. The Labute approximate surface area is 151 Å². The predicted molar refractivity (Wildman–Crippen MR) is 101 cm³/mol. The average Bonchev–Trinajstić information content (AvgIpc) is 2.63. The van der Waals surface area contributed by atoms with Crippen LogP contribution in [0.25, 0.3) is 28.4 Å². The van der Waals surface area contributed by atoms with E-state index in [2.05, 4.69) is 16.0 Å². The fourth-order valence-electron chi connectivity index (χ4n) is 2.69. The van der Waals surface area contributed by atoms with E-state index in [1.165, 1.54) is 12.1 Å². The molecule has 134 valence electrons. The number of nitrogens with zero attached hydrogens (tertiary/aromatic N) is 2. The van der Waals surface area contributed by atoms with Gasteiger partial charge in [0.2, 0.25) is 0 Å². The molecule has 0 saturated heterocycles. The van der Waals surface area contributed by atoms with Gasteiger partial charge in [-0.25, -0.2) is 9.37 Å². The highest BCUT2D eigenvalue weighted by Crippen LogP contribution is 2.24. The zero-order valence-electron chi connectivity index (χ0n) is 14.6. The number of aliphatic hydroxyl groups is 1. The van der Waals surface area contributed by atoms with Gasteiger partial charge in [0.25, 0.3) is 0 Å². The average molecular weight is 352 g/mol. The van der Waals surface area contributed by atoms with Crippen molar-refractivity contribution < 1.29 is 14.6 Å². The molecule has 0 fully saturated rings. The van der Waals surface area contributed by atoms with Gasteiger partial charge < -0.3 is 10.2 Å². The highest BCUT2D eigenvalue weighted by atomic mass is 19.1. The van der Waals surface area contributed by atoms with Crippen molar-refractivity contribution >= 4 is 17.1 Å². The van der Waals surface area contributed by atoms with E-state index in [0.717, 1.165) is 35.9 Å². The maximum atomic E-state index is 13.5. The molecular weight excluding hydrogens is 331 g/mol. The van der Waals surface area contributed by atoms with E-state index in [1.807, 2.05) is 24.3 Å². The number of benzene rings is 2. The van der Waals surface area contributed by atoms with E-state index in [0.29, 0.717) is 11.3 Å². The minimum Gasteiger partial charge on any atom is -0.505 e. The molecule has 0 saturated carbocycles. The van der Waals surface area contributed by atoms with Crippen LogP contribution < -0.4 is 0 Å². The number of phenols is 1. The van der Waals surface area contributed by atoms with Crippen molar-refractivity contribution in [3.63, 3.8) is 0 Å². The number of phenolic OH excluding ortho intramolecular Hbond substituents is 1. The molecule has 0 spiro atoms. The predicted octanol–water partition coefficient (Wildman–Crippen LogP) is 4.71. The van der Waals surface area contributed by atoms with Gasteiger partial charge in [-0.1, -0.05) is 18.2 Å². The SMILES string of the molecule is CC(O)CCCC=Cc1ccc2nc(-c3ccc(O)c(F)c3)cnc2c1. The van der Waals surface area contributed by atoms with Gasteiger partial charge in [-0.2, -0.15) is 0 Å². The summed E-state index contributed by atoms with van der Waals surface area (Å²) in [5.41, 5.74) is 3.64. The number of fused-ring (bicyclic) bond motifs is 1. The summed E-state index contributed by atoms with van der Waals surface area (Å²) in [5.74, 6) is -1.06. The number of rotatable bonds is 6. The van der Waals surface area contributed by atoms with Gasteiger partial charge in [0.05, 0.1) is 29.0 Å². The first-order valence-electron chi connectivity index (χ1n) is 8.63. The lowest BCUT2D eigenvalue weighted by molar-refractivity contribution is 0.182. The smallest absolute Gasteiger partial charge is 0.165 e. The van der Waals surface area contributed by atoms with Crippen LogP contribution in [0.2, 0.25) is 0 Å². The van der Waals surface area contributed by atoms with E-state index >= 15 is 0 Å². The highest BCUT2D eigenvalue weighted by Gasteiger charge is 2.07. The Morgan fingerprint density at radius 2 is 2.00 bits per heavy atom. The number of hydrogen-bond acceptors (Lipinski definition) is 4. The molecule has 5 heteroatoms. The van der Waals surface area contributed by atoms with Crippen molar-refractivity contribution in [2.75, 3.05) is 0 Å². The lowest BCUT2D eigenvalue weighted by Gasteiger charge is -2.05. The van der Waals surface area contributed by atoms with Crippen LogP contribution in [-0.2, 0) is 0 Å². The largest absolute Gasteiger partial charge is 0.505 e. The van der Waals surface area contributed by atoms with Gasteiger partial charge in [0, 0.05) is 5.56 Å². The second-order valence-corrected chi connectivity index (χ2v) is 6.35. The van der Waals surface area contributed by atoms with Crippen LogP contribution in [-0.4, -0.2) is 26.3 Å². The number of aliphatic hydroxyl groups excluding tert-OH is 1. The van der Waals surface area contributed by atoms with Crippen molar-refractivity contribution in [1.82, 2.24) is 9.97 Å². The third kappa shape index (κ3) is 4.43. The lowest BCUT2D eigenvalue weighted by atomic mass is 10.1. The Morgan fingerprint density at radius 3 is 2.77 bits per heavy atom. The number of allylic oxidation sites excluding steroid dienone is 1. The molecule has 26 heavy (non-hydrogen) atoms. The topological polar surface area (TPSA) is 66.2 Å². The van der Waals surface area contributed by atoms with Crippen LogP contribution in [0, 0.1) is 5.82 Å². The molecule has 0 aliphatic heterocycles. The summed E-state index contributed by atoms with van der Waals surface area (Å²) in [6, 6.07) is 9.96. The van der Waals surface area contributed by atoms with Crippen molar-refractivity contribution in [3.8, 4) is 17.0 Å². The Bertz CT molecular complexity index is 938. The summed E-state index contributed by atoms with van der Waals surface area (Å²) in [6.07, 6.45) is 8.14. The van der Waals surface area contributed by atoms with Crippen molar-refractivity contribution in [3.05, 3.63) is 60.1 Å². The molecule has 0 amide bonds. The fraction of sp³-hybridized carbons (Fsp3) is 0.238. The Kier molecular flexibility index (Phi) is 5.58. The molecule has 1 heterocycles. The highest BCUT2D eigenvalue weighted by molar-refractivity contribution is 5.79. The van der Waals surface area contributed by atoms with Crippen LogP contribution in [0.5, 0.6) is 5.75 Å². The Hall–Kier alpha value is -2.79. The van der Waals surface area contributed by atoms with Crippen LogP contribution in [0.15, 0.2) is 48.7 Å². The maximum Gasteiger partial charge on any atom is 0.165 e. The van der Waals surface area contributed by atoms with E-state index < -0.39 is 5.82 Å². The number of hydrogen-bond donors (Lipinski definition) is 2. The van der Waals surface area contributed by atoms with E-state index in [-0.39, 0.29) is 11.9 Å². The first-order chi connectivity index (χ1) is 12.5. The molecule has 3 aromatic rings. The van der Waals surface area contributed by atoms with E-state index in [4.69, 9.17) is 0 Å². The molecular formula is C21H21FN2O2. The first-order valence-corrected chi connectivity index (χ1v) is 8.63. The van der Waals surface area contributed by atoms with Crippen LogP contribution in [0.4, 0.5) is 4.39 Å². The second kappa shape index (κ2) is 8.06. The molecule has 2 aromatic carbocycles. The van der Waals surface area contributed by atoms with Crippen LogP contribution >= 0.6 is 0 Å². The van der Waals surface area contributed by atoms with Gasteiger partial charge >= 0.3 is 0 Å². The summed E-state index contributed by atoms with van der Waals surface area (Å²) in [7, 11) is 0. The Balaban J connectivity index is 1.77. The van der Waals surface area contributed by atoms with E-state index in [9.17, 15) is 14.6 Å². The third-order valence-electron chi connectivity index (χ3n) is 4.11. The molecule has 3 rings (SSSR count). The molecule has 0 aliphatic rings. The summed E-state index contributed by atoms with van der Waals surface area (Å²) in [5, 5.41) is 18.5. The Morgan fingerprint density at radius 1 is 1.15 bits per heavy atom. The molecule has 1 aromatic heterocycles. The van der Waals surface area contributed by atoms with Gasteiger partial charge in [0.1, 0.15) is 0 Å². The minimum absolute atomic E-state index is 0.254. The fourth-order valence-corrected chi connectivity index (χ4v) is 2.69. The molecule has 0 bridgehead atoms. The molecule has 1 unspecified atom stereocenters. The zero-order chi connectivity index (χ0) is 18.5. The zero-order valence-corrected chi connectivity index (χ0v) is 14.6. The molecule has 2 N–H and O–H groups in total. The van der Waals surface area contributed by atoms with Gasteiger partial charge in [-0.3, -0.25) is 4.98 Å². The van der Waals surface area contributed by atoms with Crippen molar-refractivity contribution in [2.24, 2.45) is 0 Å². The van der Waals surface area contributed by atoms with Gasteiger partial charge in [-0.15, -0.1) is 0 Å². The van der Waals surface area contributed by atoms with E-state index in [1.54, 1.807) is 19.2 Å². The van der Waals surface area contributed by atoms with Gasteiger partial charge in [-0.05, 0) is 62.1 Å².